The Morgan fingerprint density at radius 3 is 2.62 bits per heavy atom. The van der Waals surface area contributed by atoms with Gasteiger partial charge in [0.25, 0.3) is 0 Å². The second-order valence-corrected chi connectivity index (χ2v) is 9.56. The molecule has 0 spiro atoms. The summed E-state index contributed by atoms with van der Waals surface area (Å²) in [6.07, 6.45) is 3.04. The quantitative estimate of drug-likeness (QED) is 0.541. The number of piperidine rings is 1. The summed E-state index contributed by atoms with van der Waals surface area (Å²) in [6, 6.07) is 6.29. The van der Waals surface area contributed by atoms with Crippen LogP contribution in [0.15, 0.2) is 29.3 Å². The van der Waals surface area contributed by atoms with Gasteiger partial charge in [-0.05, 0) is 65.7 Å². The standard InChI is InChI=1S/C24H31N5O3/c1-7-19-18-9-8-17(14-20(18)29(26-19)15(2)3)21-25-22(32-27-21)16-10-12-28(13-11-16)23(30)31-24(4,5)6/h7-9,14-16H,1,10-13H2,2-6H3. The van der Waals surface area contributed by atoms with Crippen LogP contribution in [0, 0.1) is 0 Å². The van der Waals surface area contributed by atoms with Crippen LogP contribution >= 0.6 is 0 Å². The first-order valence-electron chi connectivity index (χ1n) is 11.1. The fraction of sp³-hybridized carbons (Fsp3) is 0.500. The van der Waals surface area contributed by atoms with Crippen LogP contribution in [0.1, 0.15) is 71.0 Å². The molecule has 170 valence electrons. The molecule has 2 aromatic heterocycles. The number of benzene rings is 1. The summed E-state index contributed by atoms with van der Waals surface area (Å²) < 4.78 is 13.1. The van der Waals surface area contributed by atoms with Gasteiger partial charge in [-0.2, -0.15) is 10.1 Å². The van der Waals surface area contributed by atoms with Crippen LogP contribution in [-0.4, -0.2) is 49.6 Å². The highest BCUT2D eigenvalue weighted by Gasteiger charge is 2.30. The summed E-state index contributed by atoms with van der Waals surface area (Å²) >= 11 is 0. The Morgan fingerprint density at radius 1 is 1.28 bits per heavy atom. The van der Waals surface area contributed by atoms with Gasteiger partial charge in [-0.1, -0.05) is 17.8 Å². The minimum atomic E-state index is -0.492. The maximum absolute atomic E-state index is 12.3. The minimum absolute atomic E-state index is 0.132. The zero-order chi connectivity index (χ0) is 23.0. The van der Waals surface area contributed by atoms with Crippen LogP contribution in [0.4, 0.5) is 4.79 Å². The molecule has 1 saturated heterocycles. The molecule has 32 heavy (non-hydrogen) atoms. The molecular weight excluding hydrogens is 406 g/mol. The van der Waals surface area contributed by atoms with Crippen molar-refractivity contribution in [1.29, 1.82) is 0 Å². The number of amides is 1. The van der Waals surface area contributed by atoms with Crippen LogP contribution in [0.25, 0.3) is 28.4 Å². The summed E-state index contributed by atoms with van der Waals surface area (Å²) in [6.45, 7) is 14.9. The van der Waals surface area contributed by atoms with Gasteiger partial charge in [0.2, 0.25) is 11.7 Å². The molecule has 4 rings (SSSR count). The zero-order valence-electron chi connectivity index (χ0n) is 19.5. The van der Waals surface area contributed by atoms with Crippen LogP contribution < -0.4 is 0 Å². The molecule has 0 atom stereocenters. The van der Waals surface area contributed by atoms with E-state index in [-0.39, 0.29) is 18.1 Å². The third-order valence-corrected chi connectivity index (χ3v) is 5.61. The number of carbonyl (C=O) groups excluding carboxylic acids is 1. The fourth-order valence-electron chi connectivity index (χ4n) is 4.00. The smallest absolute Gasteiger partial charge is 0.410 e. The summed E-state index contributed by atoms with van der Waals surface area (Å²) in [4.78, 5) is 18.7. The van der Waals surface area contributed by atoms with Gasteiger partial charge >= 0.3 is 6.09 Å². The van der Waals surface area contributed by atoms with Gasteiger partial charge in [0.05, 0.1) is 11.2 Å². The molecule has 8 heteroatoms. The first kappa shape index (κ1) is 22.0. The van der Waals surface area contributed by atoms with E-state index in [0.29, 0.717) is 24.8 Å². The van der Waals surface area contributed by atoms with Gasteiger partial charge in [0.15, 0.2) is 0 Å². The largest absolute Gasteiger partial charge is 0.444 e. The van der Waals surface area contributed by atoms with E-state index in [1.54, 1.807) is 11.0 Å². The SMILES string of the molecule is C=Cc1nn(C(C)C)c2cc(-c3noc(C4CCN(C(=O)OC(C)(C)C)CC4)n3)ccc12. The van der Waals surface area contributed by atoms with Crippen molar-refractivity contribution in [2.24, 2.45) is 0 Å². The predicted octanol–water partition coefficient (Wildman–Crippen LogP) is 5.42. The van der Waals surface area contributed by atoms with Crippen LogP contribution in [0.5, 0.6) is 0 Å². The van der Waals surface area contributed by atoms with Gasteiger partial charge in [-0.15, -0.1) is 0 Å². The van der Waals surface area contributed by atoms with E-state index in [0.717, 1.165) is 35.0 Å². The van der Waals surface area contributed by atoms with Gasteiger partial charge in [-0.25, -0.2) is 4.79 Å². The van der Waals surface area contributed by atoms with Crippen LogP contribution in [-0.2, 0) is 4.74 Å². The molecule has 1 aliphatic rings. The van der Waals surface area contributed by atoms with Crippen molar-refractivity contribution in [3.05, 3.63) is 36.4 Å². The predicted molar refractivity (Wildman–Crippen MR) is 123 cm³/mol. The first-order valence-corrected chi connectivity index (χ1v) is 11.1. The third kappa shape index (κ3) is 4.40. The van der Waals surface area contributed by atoms with E-state index in [2.05, 4.69) is 41.7 Å². The van der Waals surface area contributed by atoms with Gasteiger partial charge in [-0.3, -0.25) is 4.68 Å². The Hall–Kier alpha value is -3.16. The van der Waals surface area contributed by atoms with E-state index in [9.17, 15) is 4.79 Å². The molecule has 1 fully saturated rings. The Kier molecular flexibility index (Phi) is 5.79. The van der Waals surface area contributed by atoms with Crippen molar-refractivity contribution in [1.82, 2.24) is 24.8 Å². The second-order valence-electron chi connectivity index (χ2n) is 9.56. The number of likely N-dealkylation sites (tertiary alicyclic amines) is 1. The zero-order valence-corrected chi connectivity index (χ0v) is 19.5. The molecular formula is C24H31N5O3. The number of hydrogen-bond donors (Lipinski definition) is 0. The molecule has 0 saturated carbocycles. The lowest BCUT2D eigenvalue weighted by Crippen LogP contribution is -2.41. The first-order chi connectivity index (χ1) is 15.2. The number of nitrogens with zero attached hydrogens (tertiary/aromatic N) is 5. The van der Waals surface area contributed by atoms with E-state index in [1.807, 2.05) is 37.6 Å². The molecule has 1 amide bonds. The van der Waals surface area contributed by atoms with Crippen molar-refractivity contribution in [3.63, 3.8) is 0 Å². The third-order valence-electron chi connectivity index (χ3n) is 5.61. The molecule has 1 aliphatic heterocycles. The summed E-state index contributed by atoms with van der Waals surface area (Å²) in [5, 5.41) is 9.94. The molecule has 3 aromatic rings. The number of aromatic nitrogens is 4. The van der Waals surface area contributed by atoms with E-state index < -0.39 is 5.60 Å². The lowest BCUT2D eigenvalue weighted by Gasteiger charge is -2.32. The van der Waals surface area contributed by atoms with Crippen molar-refractivity contribution in [3.8, 4) is 11.4 Å². The Labute approximate surface area is 188 Å². The number of carbonyl (C=O) groups is 1. The number of fused-ring (bicyclic) bond motifs is 1. The van der Waals surface area contributed by atoms with E-state index in [1.165, 1.54) is 0 Å². The summed E-state index contributed by atoms with van der Waals surface area (Å²) in [5.41, 5.74) is 2.28. The van der Waals surface area contributed by atoms with Crippen molar-refractivity contribution in [2.45, 2.75) is 65.0 Å². The van der Waals surface area contributed by atoms with Crippen LogP contribution in [0.3, 0.4) is 0 Å². The van der Waals surface area contributed by atoms with Gasteiger partial charge in [0, 0.05) is 36.0 Å². The van der Waals surface area contributed by atoms with Gasteiger partial charge in [0.1, 0.15) is 5.60 Å². The molecule has 3 heterocycles. The molecule has 1 aromatic carbocycles. The van der Waals surface area contributed by atoms with Crippen molar-refractivity contribution < 1.29 is 14.1 Å². The highest BCUT2D eigenvalue weighted by atomic mass is 16.6. The molecule has 0 bridgehead atoms. The maximum atomic E-state index is 12.3. The van der Waals surface area contributed by atoms with Crippen molar-refractivity contribution >= 4 is 23.1 Å². The highest BCUT2D eigenvalue weighted by Crippen LogP contribution is 2.31. The average Bonchev–Trinajstić information content (AvgIpc) is 3.37. The second kappa shape index (κ2) is 8.41. The Bertz CT molecular complexity index is 1130. The summed E-state index contributed by atoms with van der Waals surface area (Å²) in [7, 11) is 0. The molecule has 0 radical (unpaired) electrons. The van der Waals surface area contributed by atoms with Crippen molar-refractivity contribution in [2.75, 3.05) is 13.1 Å². The highest BCUT2D eigenvalue weighted by molar-refractivity contribution is 5.89. The lowest BCUT2D eigenvalue weighted by atomic mass is 9.97. The normalized spacial score (nSPS) is 15.5. The van der Waals surface area contributed by atoms with Crippen LogP contribution in [0.2, 0.25) is 0 Å². The minimum Gasteiger partial charge on any atom is -0.444 e. The number of rotatable bonds is 4. The molecule has 0 N–H and O–H groups in total. The van der Waals surface area contributed by atoms with E-state index >= 15 is 0 Å². The van der Waals surface area contributed by atoms with Gasteiger partial charge < -0.3 is 14.2 Å². The Balaban J connectivity index is 1.50. The number of hydrogen-bond acceptors (Lipinski definition) is 6. The maximum Gasteiger partial charge on any atom is 0.410 e. The van der Waals surface area contributed by atoms with E-state index in [4.69, 9.17) is 9.26 Å². The monoisotopic (exact) mass is 437 g/mol. The Morgan fingerprint density at radius 2 is 2.00 bits per heavy atom. The fourth-order valence-corrected chi connectivity index (χ4v) is 4.00. The number of ether oxygens (including phenoxy) is 1. The molecule has 8 nitrogen and oxygen atoms in total. The average molecular weight is 438 g/mol. The molecule has 0 aliphatic carbocycles. The summed E-state index contributed by atoms with van der Waals surface area (Å²) in [5.74, 6) is 1.31. The molecule has 0 unspecified atom stereocenters. The topological polar surface area (TPSA) is 86.3 Å². The lowest BCUT2D eigenvalue weighted by molar-refractivity contribution is 0.0198.